The highest BCUT2D eigenvalue weighted by Crippen LogP contribution is 2.28. The Bertz CT molecular complexity index is 1310. The quantitative estimate of drug-likeness (QED) is 0.312. The van der Waals surface area contributed by atoms with E-state index in [1.165, 1.54) is 30.4 Å². The Balaban J connectivity index is 1.43. The molecular weight excluding hydrogens is 442 g/mol. The molecule has 0 radical (unpaired) electrons. The second-order valence-corrected chi connectivity index (χ2v) is 10.1. The van der Waals surface area contributed by atoms with E-state index in [4.69, 9.17) is 4.98 Å². The van der Waals surface area contributed by atoms with Crippen LogP contribution in [-0.4, -0.2) is 35.4 Å². The highest BCUT2D eigenvalue weighted by molar-refractivity contribution is 6.07. The second kappa shape index (κ2) is 11.0. The fourth-order valence-corrected chi connectivity index (χ4v) is 5.20. The molecule has 0 aliphatic carbocycles. The molecule has 1 aromatic heterocycles. The van der Waals surface area contributed by atoms with Gasteiger partial charge >= 0.3 is 0 Å². The van der Waals surface area contributed by atoms with Crippen LogP contribution in [0.4, 0.5) is 0 Å². The molecule has 1 amide bonds. The summed E-state index contributed by atoms with van der Waals surface area (Å²) in [6.07, 6.45) is 3.71. The van der Waals surface area contributed by atoms with E-state index in [2.05, 4.69) is 48.3 Å². The number of nitrogens with one attached hydrogen (secondary N) is 1. The van der Waals surface area contributed by atoms with Crippen molar-refractivity contribution in [2.45, 2.75) is 45.1 Å². The number of nitrogens with zero attached hydrogens (tertiary/aromatic N) is 2. The monoisotopic (exact) mass is 477 g/mol. The SMILES string of the molecule is CC(C)c1ccc([C@@H](CNC(=O)c2cc(-c3ccccc3)nc3ccccc23)N2CCCCC2)cc1. The van der Waals surface area contributed by atoms with E-state index in [0.29, 0.717) is 18.0 Å². The van der Waals surface area contributed by atoms with E-state index in [-0.39, 0.29) is 11.9 Å². The van der Waals surface area contributed by atoms with Gasteiger partial charge in [-0.2, -0.15) is 0 Å². The van der Waals surface area contributed by atoms with Crippen LogP contribution in [0.3, 0.4) is 0 Å². The number of pyridine rings is 1. The molecule has 1 fully saturated rings. The summed E-state index contributed by atoms with van der Waals surface area (Å²) in [4.78, 5) is 21.0. The maximum atomic E-state index is 13.6. The Morgan fingerprint density at radius 3 is 2.25 bits per heavy atom. The highest BCUT2D eigenvalue weighted by Gasteiger charge is 2.24. The Kier molecular flexibility index (Phi) is 7.43. The summed E-state index contributed by atoms with van der Waals surface area (Å²) in [5.74, 6) is 0.456. The normalized spacial score (nSPS) is 15.2. The van der Waals surface area contributed by atoms with E-state index >= 15 is 0 Å². The van der Waals surface area contributed by atoms with Crippen LogP contribution in [0.2, 0.25) is 0 Å². The summed E-state index contributed by atoms with van der Waals surface area (Å²) < 4.78 is 0. The minimum Gasteiger partial charge on any atom is -0.350 e. The molecule has 3 aromatic carbocycles. The lowest BCUT2D eigenvalue weighted by Gasteiger charge is -2.35. The first-order valence-electron chi connectivity index (χ1n) is 13.2. The lowest BCUT2D eigenvalue weighted by Crippen LogP contribution is -2.40. The van der Waals surface area contributed by atoms with Crippen LogP contribution < -0.4 is 5.32 Å². The van der Waals surface area contributed by atoms with Crippen molar-refractivity contribution in [3.05, 3.63) is 102 Å². The van der Waals surface area contributed by atoms with Crippen molar-refractivity contribution in [3.8, 4) is 11.3 Å². The van der Waals surface area contributed by atoms with Gasteiger partial charge in [-0.3, -0.25) is 9.69 Å². The van der Waals surface area contributed by atoms with Crippen molar-refractivity contribution < 1.29 is 4.79 Å². The first-order valence-corrected chi connectivity index (χ1v) is 13.2. The zero-order valence-corrected chi connectivity index (χ0v) is 21.3. The predicted molar refractivity (Wildman–Crippen MR) is 148 cm³/mol. The van der Waals surface area contributed by atoms with Crippen molar-refractivity contribution in [3.63, 3.8) is 0 Å². The number of fused-ring (bicyclic) bond motifs is 1. The molecule has 4 aromatic rings. The van der Waals surface area contributed by atoms with Gasteiger partial charge in [0.2, 0.25) is 0 Å². The third kappa shape index (κ3) is 5.34. The van der Waals surface area contributed by atoms with E-state index < -0.39 is 0 Å². The first-order chi connectivity index (χ1) is 17.6. The van der Waals surface area contributed by atoms with Gasteiger partial charge in [0, 0.05) is 17.5 Å². The molecule has 5 rings (SSSR count). The summed E-state index contributed by atoms with van der Waals surface area (Å²) in [5, 5.41) is 4.17. The van der Waals surface area contributed by atoms with Gasteiger partial charge in [0.1, 0.15) is 0 Å². The Labute approximate surface area is 214 Å². The molecule has 184 valence electrons. The van der Waals surface area contributed by atoms with Gasteiger partial charge in [-0.25, -0.2) is 4.98 Å². The molecule has 0 unspecified atom stereocenters. The van der Waals surface area contributed by atoms with Crippen molar-refractivity contribution in [1.82, 2.24) is 15.2 Å². The molecular formula is C32H35N3O. The Morgan fingerprint density at radius 1 is 0.861 bits per heavy atom. The van der Waals surface area contributed by atoms with Crippen LogP contribution in [0, 0.1) is 0 Å². The van der Waals surface area contributed by atoms with Crippen molar-refractivity contribution in [1.29, 1.82) is 0 Å². The maximum absolute atomic E-state index is 13.6. The molecule has 4 heteroatoms. The second-order valence-electron chi connectivity index (χ2n) is 10.1. The molecule has 4 nitrogen and oxygen atoms in total. The molecule has 1 N–H and O–H groups in total. The third-order valence-electron chi connectivity index (χ3n) is 7.31. The topological polar surface area (TPSA) is 45.2 Å². The van der Waals surface area contributed by atoms with Gasteiger partial charge in [-0.15, -0.1) is 0 Å². The minimum atomic E-state index is -0.0495. The summed E-state index contributed by atoms with van der Waals surface area (Å²) in [7, 11) is 0. The average Bonchev–Trinajstić information content (AvgIpc) is 2.93. The van der Waals surface area contributed by atoms with Crippen LogP contribution in [0.1, 0.15) is 66.6 Å². The van der Waals surface area contributed by atoms with Gasteiger partial charge in [0.25, 0.3) is 5.91 Å². The smallest absolute Gasteiger partial charge is 0.252 e. The lowest BCUT2D eigenvalue weighted by atomic mass is 9.97. The number of aromatic nitrogens is 1. The number of hydrogen-bond acceptors (Lipinski definition) is 3. The molecule has 0 bridgehead atoms. The van der Waals surface area contributed by atoms with E-state index in [1.54, 1.807) is 0 Å². The summed E-state index contributed by atoms with van der Waals surface area (Å²) in [5.41, 5.74) is 5.95. The summed E-state index contributed by atoms with van der Waals surface area (Å²) >= 11 is 0. The van der Waals surface area contributed by atoms with Gasteiger partial charge in [0.15, 0.2) is 0 Å². The number of piperidine rings is 1. The highest BCUT2D eigenvalue weighted by atomic mass is 16.1. The van der Waals surface area contributed by atoms with E-state index in [1.807, 2.05) is 60.7 Å². The maximum Gasteiger partial charge on any atom is 0.252 e. The van der Waals surface area contributed by atoms with E-state index in [9.17, 15) is 4.79 Å². The zero-order valence-electron chi connectivity index (χ0n) is 21.3. The number of carbonyl (C=O) groups excluding carboxylic acids is 1. The molecule has 1 saturated heterocycles. The number of para-hydroxylation sites is 1. The van der Waals surface area contributed by atoms with Crippen LogP contribution in [0.25, 0.3) is 22.2 Å². The van der Waals surface area contributed by atoms with Gasteiger partial charge in [0.05, 0.1) is 22.8 Å². The van der Waals surface area contributed by atoms with Gasteiger partial charge in [-0.05, 0) is 55.1 Å². The largest absolute Gasteiger partial charge is 0.350 e. The zero-order chi connectivity index (χ0) is 24.9. The minimum absolute atomic E-state index is 0.0495. The van der Waals surface area contributed by atoms with Gasteiger partial charge < -0.3 is 5.32 Å². The lowest BCUT2D eigenvalue weighted by molar-refractivity contribution is 0.0926. The Morgan fingerprint density at radius 2 is 1.53 bits per heavy atom. The first kappa shape index (κ1) is 24.2. The Hall–Kier alpha value is -3.50. The fraction of sp³-hybridized carbons (Fsp3) is 0.312. The molecule has 1 aliphatic rings. The fourth-order valence-electron chi connectivity index (χ4n) is 5.20. The number of likely N-dealkylation sites (tertiary alicyclic amines) is 1. The van der Waals surface area contributed by atoms with Crippen molar-refractivity contribution in [2.24, 2.45) is 0 Å². The third-order valence-corrected chi connectivity index (χ3v) is 7.31. The van der Waals surface area contributed by atoms with Crippen LogP contribution in [0.15, 0.2) is 84.9 Å². The number of hydrogen-bond donors (Lipinski definition) is 1. The molecule has 2 heterocycles. The molecule has 0 saturated carbocycles. The average molecular weight is 478 g/mol. The molecule has 36 heavy (non-hydrogen) atoms. The number of rotatable bonds is 7. The number of carbonyl (C=O) groups is 1. The number of benzene rings is 3. The molecule has 0 spiro atoms. The van der Waals surface area contributed by atoms with E-state index in [0.717, 1.165) is 35.2 Å². The standard InChI is InChI=1S/C32H35N3O/c1-23(2)24-15-17-26(18-16-24)31(35-19-9-4-10-20-35)22-33-32(36)28-21-30(25-11-5-3-6-12-25)34-29-14-8-7-13-27(28)29/h3,5-8,11-18,21,23,31H,4,9-10,19-20,22H2,1-2H3,(H,33,36)/t31-/m1/s1. The van der Waals surface area contributed by atoms with Crippen LogP contribution in [-0.2, 0) is 0 Å². The predicted octanol–water partition coefficient (Wildman–Crippen LogP) is 6.98. The van der Waals surface area contributed by atoms with Crippen LogP contribution >= 0.6 is 0 Å². The molecule has 1 atom stereocenters. The van der Waals surface area contributed by atoms with Crippen LogP contribution in [0.5, 0.6) is 0 Å². The summed E-state index contributed by atoms with van der Waals surface area (Å²) in [6, 6.07) is 29.0. The summed E-state index contributed by atoms with van der Waals surface area (Å²) in [6.45, 7) is 7.17. The van der Waals surface area contributed by atoms with Crippen molar-refractivity contribution in [2.75, 3.05) is 19.6 Å². The van der Waals surface area contributed by atoms with Crippen molar-refractivity contribution >= 4 is 16.8 Å². The molecule has 1 aliphatic heterocycles. The number of amides is 1. The van der Waals surface area contributed by atoms with Gasteiger partial charge in [-0.1, -0.05) is 93.1 Å².